The predicted molar refractivity (Wildman–Crippen MR) is 136 cm³/mol. The zero-order valence-electron chi connectivity index (χ0n) is 19.9. The first kappa shape index (κ1) is 23.5. The quantitative estimate of drug-likeness (QED) is 0.287. The number of hydrogen-bond acceptors (Lipinski definition) is 2. The van der Waals surface area contributed by atoms with Gasteiger partial charge in [-0.05, 0) is 73.5 Å². The molecule has 0 unspecified atom stereocenters. The first-order chi connectivity index (χ1) is 15.6. The highest BCUT2D eigenvalue weighted by molar-refractivity contribution is 5.78. The van der Waals surface area contributed by atoms with E-state index in [4.69, 9.17) is 9.47 Å². The van der Waals surface area contributed by atoms with Gasteiger partial charge in [0.15, 0.2) is 0 Å². The smallest absolute Gasteiger partial charge is 0.127 e. The summed E-state index contributed by atoms with van der Waals surface area (Å²) >= 11 is 0. The lowest BCUT2D eigenvalue weighted by atomic mass is 10.1. The molecule has 0 bridgehead atoms. The van der Waals surface area contributed by atoms with Crippen molar-refractivity contribution in [3.05, 3.63) is 71.3 Å². The fourth-order valence-electron chi connectivity index (χ4n) is 3.40. The second-order valence-corrected chi connectivity index (χ2v) is 8.09. The van der Waals surface area contributed by atoms with E-state index in [1.54, 1.807) is 0 Å². The van der Waals surface area contributed by atoms with Crippen LogP contribution in [-0.2, 0) is 14.1 Å². The zero-order valence-corrected chi connectivity index (χ0v) is 19.9. The van der Waals surface area contributed by atoms with E-state index in [1.807, 2.05) is 0 Å². The molecule has 0 spiro atoms. The summed E-state index contributed by atoms with van der Waals surface area (Å²) in [5.74, 6) is 1.77. The third-order valence-corrected chi connectivity index (χ3v) is 5.49. The molecular weight excluding hydrogens is 396 g/mol. The fraction of sp³-hybridized carbons (Fsp3) is 0.357. The van der Waals surface area contributed by atoms with Crippen molar-refractivity contribution < 1.29 is 9.47 Å². The standard InChI is InChI=1S/C28H36N2O2/c1-5-7-19-31-27-21-24(14-16-26-12-10-18-30(26)4)28(32-20-8-6-2)22-23(27)13-15-25-11-9-17-29(25)3/h9-18,21-22H,5-8,19-20H2,1-4H3. The number of ether oxygens (including phenoxy) is 2. The van der Waals surface area contributed by atoms with E-state index in [0.29, 0.717) is 13.2 Å². The van der Waals surface area contributed by atoms with Crippen LogP contribution in [0.15, 0.2) is 48.8 Å². The summed E-state index contributed by atoms with van der Waals surface area (Å²) in [5.41, 5.74) is 4.35. The largest absolute Gasteiger partial charge is 0.493 e. The Labute approximate surface area is 192 Å². The topological polar surface area (TPSA) is 28.3 Å². The van der Waals surface area contributed by atoms with Crippen molar-refractivity contribution >= 4 is 24.3 Å². The van der Waals surface area contributed by atoms with Crippen molar-refractivity contribution in [2.45, 2.75) is 39.5 Å². The van der Waals surface area contributed by atoms with Crippen LogP contribution in [-0.4, -0.2) is 22.3 Å². The van der Waals surface area contributed by atoms with Crippen LogP contribution in [0.1, 0.15) is 62.0 Å². The van der Waals surface area contributed by atoms with Crippen LogP contribution < -0.4 is 9.47 Å². The highest BCUT2D eigenvalue weighted by Gasteiger charge is 2.10. The van der Waals surface area contributed by atoms with Crippen LogP contribution >= 0.6 is 0 Å². The third-order valence-electron chi connectivity index (χ3n) is 5.49. The fourth-order valence-corrected chi connectivity index (χ4v) is 3.40. The van der Waals surface area contributed by atoms with E-state index in [0.717, 1.165) is 59.7 Å². The third kappa shape index (κ3) is 6.43. The van der Waals surface area contributed by atoms with Crippen LogP contribution in [0, 0.1) is 0 Å². The Hall–Kier alpha value is -3.14. The second-order valence-electron chi connectivity index (χ2n) is 8.09. The maximum Gasteiger partial charge on any atom is 0.127 e. The number of aryl methyl sites for hydroxylation is 2. The van der Waals surface area contributed by atoms with Gasteiger partial charge in [-0.15, -0.1) is 0 Å². The molecule has 0 amide bonds. The maximum absolute atomic E-state index is 6.21. The molecule has 0 aliphatic carbocycles. The maximum atomic E-state index is 6.21. The van der Waals surface area contributed by atoms with Crippen molar-refractivity contribution in [3.8, 4) is 11.5 Å². The van der Waals surface area contributed by atoms with Crippen LogP contribution in [0.5, 0.6) is 11.5 Å². The Morgan fingerprint density at radius 3 is 1.47 bits per heavy atom. The molecule has 0 saturated heterocycles. The summed E-state index contributed by atoms with van der Waals surface area (Å²) < 4.78 is 16.6. The summed E-state index contributed by atoms with van der Waals surface area (Å²) in [6.45, 7) is 5.77. The molecule has 4 heteroatoms. The van der Waals surface area contributed by atoms with Crippen molar-refractivity contribution in [3.63, 3.8) is 0 Å². The minimum Gasteiger partial charge on any atom is -0.493 e. The normalized spacial score (nSPS) is 11.6. The monoisotopic (exact) mass is 432 g/mol. The van der Waals surface area contributed by atoms with Gasteiger partial charge >= 0.3 is 0 Å². The average molecular weight is 433 g/mol. The second kappa shape index (κ2) is 12.0. The molecule has 0 fully saturated rings. The van der Waals surface area contributed by atoms with E-state index < -0.39 is 0 Å². The number of aromatic nitrogens is 2. The Bertz CT molecular complexity index is 956. The first-order valence-corrected chi connectivity index (χ1v) is 11.6. The first-order valence-electron chi connectivity index (χ1n) is 11.6. The molecule has 3 rings (SSSR count). The van der Waals surface area contributed by atoms with Gasteiger partial charge < -0.3 is 18.6 Å². The summed E-state index contributed by atoms with van der Waals surface area (Å²) in [7, 11) is 4.10. The number of unbranched alkanes of at least 4 members (excludes halogenated alkanes) is 2. The molecule has 4 nitrogen and oxygen atoms in total. The van der Waals surface area contributed by atoms with Crippen molar-refractivity contribution in [1.82, 2.24) is 9.13 Å². The number of rotatable bonds is 12. The number of hydrogen-bond donors (Lipinski definition) is 0. The summed E-state index contributed by atoms with van der Waals surface area (Å²) in [4.78, 5) is 0. The van der Waals surface area contributed by atoms with Crippen molar-refractivity contribution in [2.24, 2.45) is 14.1 Å². The summed E-state index contributed by atoms with van der Waals surface area (Å²) in [6, 6.07) is 12.5. The van der Waals surface area contributed by atoms with E-state index in [-0.39, 0.29) is 0 Å². The highest BCUT2D eigenvalue weighted by atomic mass is 16.5. The molecule has 0 radical (unpaired) electrons. The number of nitrogens with zero attached hydrogens (tertiary/aromatic N) is 2. The van der Waals surface area contributed by atoms with Gasteiger partial charge in [-0.25, -0.2) is 0 Å². The summed E-state index contributed by atoms with van der Waals surface area (Å²) in [5, 5.41) is 0. The van der Waals surface area contributed by atoms with E-state index in [1.165, 1.54) is 0 Å². The molecule has 1 aromatic carbocycles. The van der Waals surface area contributed by atoms with Gasteiger partial charge in [-0.1, -0.05) is 26.7 Å². The average Bonchev–Trinajstić information content (AvgIpc) is 3.39. The van der Waals surface area contributed by atoms with Crippen LogP contribution in [0.2, 0.25) is 0 Å². The lowest BCUT2D eigenvalue weighted by molar-refractivity contribution is 0.300. The molecule has 2 heterocycles. The minimum atomic E-state index is 0.707. The SMILES string of the molecule is CCCCOc1cc(C=Cc2cccn2C)c(OCCCC)cc1C=Cc1cccn1C. The summed E-state index contributed by atoms with van der Waals surface area (Å²) in [6.07, 6.45) is 16.9. The van der Waals surface area contributed by atoms with Crippen molar-refractivity contribution in [2.75, 3.05) is 13.2 Å². The molecular formula is C28H36N2O2. The Balaban J connectivity index is 1.98. The minimum absolute atomic E-state index is 0.707. The molecule has 0 aliphatic rings. The van der Waals surface area contributed by atoms with Crippen molar-refractivity contribution in [1.29, 1.82) is 0 Å². The van der Waals surface area contributed by atoms with Gasteiger partial charge in [0.2, 0.25) is 0 Å². The Morgan fingerprint density at radius 1 is 0.688 bits per heavy atom. The number of benzene rings is 1. The molecule has 2 aromatic heterocycles. The zero-order chi connectivity index (χ0) is 22.8. The van der Waals surface area contributed by atoms with Gasteiger partial charge in [-0.2, -0.15) is 0 Å². The molecule has 32 heavy (non-hydrogen) atoms. The Kier molecular flexibility index (Phi) is 8.85. The lowest BCUT2D eigenvalue weighted by Crippen LogP contribution is -2.02. The van der Waals surface area contributed by atoms with Gasteiger partial charge in [0, 0.05) is 49.0 Å². The highest BCUT2D eigenvalue weighted by Crippen LogP contribution is 2.32. The lowest BCUT2D eigenvalue weighted by Gasteiger charge is -2.15. The van der Waals surface area contributed by atoms with Gasteiger partial charge in [-0.3, -0.25) is 0 Å². The van der Waals surface area contributed by atoms with Gasteiger partial charge in [0.05, 0.1) is 13.2 Å². The molecule has 170 valence electrons. The van der Waals surface area contributed by atoms with Crippen LogP contribution in [0.4, 0.5) is 0 Å². The molecule has 0 aliphatic heterocycles. The van der Waals surface area contributed by atoms with E-state index in [2.05, 4.69) is 110 Å². The van der Waals surface area contributed by atoms with Crippen LogP contribution in [0.3, 0.4) is 0 Å². The van der Waals surface area contributed by atoms with Crippen LogP contribution in [0.25, 0.3) is 24.3 Å². The molecule has 0 saturated carbocycles. The Morgan fingerprint density at radius 2 is 1.12 bits per heavy atom. The van der Waals surface area contributed by atoms with Gasteiger partial charge in [0.25, 0.3) is 0 Å². The van der Waals surface area contributed by atoms with Gasteiger partial charge in [0.1, 0.15) is 11.5 Å². The molecule has 0 atom stereocenters. The molecule has 0 N–H and O–H groups in total. The molecule has 3 aromatic rings. The predicted octanol–water partition coefficient (Wildman–Crippen LogP) is 7.06. The van der Waals surface area contributed by atoms with E-state index >= 15 is 0 Å². The van der Waals surface area contributed by atoms with E-state index in [9.17, 15) is 0 Å².